The van der Waals surface area contributed by atoms with Crippen LogP contribution in [-0.2, 0) is 14.4 Å². The van der Waals surface area contributed by atoms with E-state index >= 15 is 0 Å². The molecule has 0 bridgehead atoms. The van der Waals surface area contributed by atoms with Crippen molar-refractivity contribution in [2.75, 3.05) is 13.2 Å². The number of nitrogens with two attached hydrogens (primary N) is 5. The lowest BCUT2D eigenvalue weighted by Crippen LogP contribution is -2.33. The van der Waals surface area contributed by atoms with E-state index in [4.69, 9.17) is 49.1 Å². The summed E-state index contributed by atoms with van der Waals surface area (Å²) in [5, 5.41) is 32.6. The molecular formula is C15H34N6O7. The maximum Gasteiger partial charge on any atom is 0.322 e. The van der Waals surface area contributed by atoms with Gasteiger partial charge in [0.05, 0.1) is 6.61 Å². The SMILES string of the molecule is CC(C)C[C@@H](N)C(=O)O.NC(N)=NCCC[C@@H](N)C(=O)O.N[C@H](CO)C(=O)O. The van der Waals surface area contributed by atoms with Gasteiger partial charge >= 0.3 is 17.9 Å². The molecule has 0 aliphatic rings. The molecule has 0 radical (unpaired) electrons. The molecule has 0 aromatic heterocycles. The van der Waals surface area contributed by atoms with E-state index < -0.39 is 42.6 Å². The predicted molar refractivity (Wildman–Crippen MR) is 103 cm³/mol. The molecular weight excluding hydrogens is 376 g/mol. The van der Waals surface area contributed by atoms with Crippen molar-refractivity contribution in [1.82, 2.24) is 0 Å². The van der Waals surface area contributed by atoms with Crippen molar-refractivity contribution >= 4 is 23.9 Å². The molecule has 0 spiro atoms. The van der Waals surface area contributed by atoms with Crippen LogP contribution in [-0.4, -0.2) is 75.6 Å². The van der Waals surface area contributed by atoms with Gasteiger partial charge in [-0.1, -0.05) is 13.8 Å². The Morgan fingerprint density at radius 3 is 1.50 bits per heavy atom. The molecule has 0 saturated carbocycles. The lowest BCUT2D eigenvalue weighted by atomic mass is 10.1. The summed E-state index contributed by atoms with van der Waals surface area (Å²) in [7, 11) is 0. The molecule has 0 fully saturated rings. The van der Waals surface area contributed by atoms with E-state index in [0.29, 0.717) is 31.7 Å². The highest BCUT2D eigenvalue weighted by Gasteiger charge is 2.12. The topological polar surface area (TPSA) is 275 Å². The minimum atomic E-state index is -1.18. The van der Waals surface area contributed by atoms with Gasteiger partial charge in [-0.15, -0.1) is 0 Å². The number of nitrogens with zero attached hydrogens (tertiary/aromatic N) is 1. The first-order chi connectivity index (χ1) is 12.8. The average Bonchev–Trinajstić information content (AvgIpc) is 2.57. The van der Waals surface area contributed by atoms with E-state index in [2.05, 4.69) is 4.99 Å². The highest BCUT2D eigenvalue weighted by Crippen LogP contribution is 2.01. The summed E-state index contributed by atoms with van der Waals surface area (Å²) < 4.78 is 0. The van der Waals surface area contributed by atoms with Crippen LogP contribution in [0.4, 0.5) is 0 Å². The summed E-state index contributed by atoms with van der Waals surface area (Å²) in [6.07, 6.45) is 1.51. The molecule has 13 nitrogen and oxygen atoms in total. The number of carboxylic acids is 3. The Morgan fingerprint density at radius 1 is 0.857 bits per heavy atom. The van der Waals surface area contributed by atoms with E-state index in [-0.39, 0.29) is 5.96 Å². The number of hydrogen-bond donors (Lipinski definition) is 9. The molecule has 28 heavy (non-hydrogen) atoms. The van der Waals surface area contributed by atoms with Crippen molar-refractivity contribution in [1.29, 1.82) is 0 Å². The first-order valence-corrected chi connectivity index (χ1v) is 8.37. The first kappa shape index (κ1) is 30.3. The Bertz CT molecular complexity index is 484. The number of carbonyl (C=O) groups is 3. The standard InChI is InChI=1S/C6H14N4O2.C6H13NO2.C3H7NO3/c7-4(5(11)12)2-1-3-10-6(8)9;1-4(2)3-5(7)6(8)9;4-2(1-5)3(6)7/h4H,1-3,7H2,(H,11,12)(H4,8,9,10);4-5H,3,7H2,1-2H3,(H,8,9);2,5H,1,4H2,(H,6,7)/t4-;5-;2-/m111/s1. The highest BCUT2D eigenvalue weighted by atomic mass is 16.4. The van der Waals surface area contributed by atoms with Gasteiger partial charge < -0.3 is 49.1 Å². The maximum atomic E-state index is 10.2. The molecule has 0 unspecified atom stereocenters. The quantitative estimate of drug-likeness (QED) is 0.101. The third-order valence-corrected chi connectivity index (χ3v) is 2.84. The Labute approximate surface area is 163 Å². The number of hydrogen-bond acceptors (Lipinski definition) is 8. The fourth-order valence-electron chi connectivity index (χ4n) is 1.33. The van der Waals surface area contributed by atoms with Crippen molar-refractivity contribution < 1.29 is 34.8 Å². The summed E-state index contributed by atoms with van der Waals surface area (Å²) in [6.45, 7) is 3.81. The number of aliphatic carboxylic acids is 3. The van der Waals surface area contributed by atoms with E-state index in [0.717, 1.165) is 0 Å². The average molecular weight is 410 g/mol. The molecule has 3 atom stereocenters. The molecule has 0 saturated heterocycles. The monoisotopic (exact) mass is 410 g/mol. The van der Waals surface area contributed by atoms with E-state index in [1.54, 1.807) is 0 Å². The Hall–Kier alpha value is -2.48. The molecule has 0 heterocycles. The van der Waals surface area contributed by atoms with Crippen LogP contribution in [0.5, 0.6) is 0 Å². The van der Waals surface area contributed by atoms with Crippen LogP contribution in [0.25, 0.3) is 0 Å². The van der Waals surface area contributed by atoms with Crippen molar-refractivity contribution in [2.24, 2.45) is 39.6 Å². The van der Waals surface area contributed by atoms with Gasteiger partial charge in [0.25, 0.3) is 0 Å². The largest absolute Gasteiger partial charge is 0.480 e. The Kier molecular flexibility index (Phi) is 19.4. The number of aliphatic hydroxyl groups is 1. The second kappa shape index (κ2) is 17.9. The highest BCUT2D eigenvalue weighted by molar-refractivity contribution is 5.75. The molecule has 0 amide bonds. The van der Waals surface area contributed by atoms with Gasteiger partial charge in [-0.25, -0.2) is 0 Å². The number of rotatable bonds is 10. The lowest BCUT2D eigenvalue weighted by Gasteiger charge is -2.07. The minimum Gasteiger partial charge on any atom is -0.480 e. The molecule has 13 heteroatoms. The molecule has 0 aliphatic heterocycles. The molecule has 166 valence electrons. The summed E-state index contributed by atoms with van der Waals surface area (Å²) in [5.41, 5.74) is 25.3. The lowest BCUT2D eigenvalue weighted by molar-refractivity contribution is -0.140. The van der Waals surface area contributed by atoms with E-state index in [1.807, 2.05) is 13.8 Å². The zero-order valence-corrected chi connectivity index (χ0v) is 16.2. The smallest absolute Gasteiger partial charge is 0.322 e. The van der Waals surface area contributed by atoms with Crippen LogP contribution in [0.15, 0.2) is 4.99 Å². The van der Waals surface area contributed by atoms with Crippen LogP contribution in [0.3, 0.4) is 0 Å². The molecule has 0 aromatic carbocycles. The number of carboxylic acid groups (broad SMARTS) is 3. The van der Waals surface area contributed by atoms with Gasteiger partial charge in [-0.05, 0) is 25.2 Å². The Balaban J connectivity index is -0.000000349. The van der Waals surface area contributed by atoms with Gasteiger partial charge in [0, 0.05) is 6.54 Å². The van der Waals surface area contributed by atoms with E-state index in [9.17, 15) is 14.4 Å². The van der Waals surface area contributed by atoms with Crippen LogP contribution in [0.1, 0.15) is 33.1 Å². The fourth-order valence-corrected chi connectivity index (χ4v) is 1.33. The maximum absolute atomic E-state index is 10.2. The van der Waals surface area contributed by atoms with Crippen molar-refractivity contribution in [3.63, 3.8) is 0 Å². The second-order valence-electron chi connectivity index (χ2n) is 6.10. The minimum absolute atomic E-state index is 0.0129. The summed E-state index contributed by atoms with van der Waals surface area (Å²) in [6, 6.07) is -2.64. The molecule has 0 rings (SSSR count). The van der Waals surface area contributed by atoms with Crippen LogP contribution < -0.4 is 28.7 Å². The van der Waals surface area contributed by atoms with Crippen molar-refractivity contribution in [3.8, 4) is 0 Å². The predicted octanol–water partition coefficient (Wildman–Crippen LogP) is -2.71. The normalized spacial score (nSPS) is 13.0. The zero-order chi connectivity index (χ0) is 22.9. The number of guanidine groups is 1. The summed E-state index contributed by atoms with van der Waals surface area (Å²) in [4.78, 5) is 33.7. The summed E-state index contributed by atoms with van der Waals surface area (Å²) >= 11 is 0. The van der Waals surface area contributed by atoms with Gasteiger partial charge in [0.2, 0.25) is 0 Å². The van der Waals surface area contributed by atoms with Gasteiger partial charge in [0.1, 0.15) is 18.1 Å². The van der Waals surface area contributed by atoms with Crippen LogP contribution in [0, 0.1) is 5.92 Å². The number of aliphatic hydroxyl groups excluding tert-OH is 1. The van der Waals surface area contributed by atoms with Gasteiger partial charge in [-0.3, -0.25) is 19.4 Å². The summed E-state index contributed by atoms with van der Waals surface area (Å²) in [5.74, 6) is -2.72. The van der Waals surface area contributed by atoms with Crippen molar-refractivity contribution in [2.45, 2.75) is 51.2 Å². The van der Waals surface area contributed by atoms with Crippen LogP contribution >= 0.6 is 0 Å². The third kappa shape index (κ3) is 23.5. The fraction of sp³-hybridized carbons (Fsp3) is 0.733. The van der Waals surface area contributed by atoms with Gasteiger partial charge in [0.15, 0.2) is 5.96 Å². The second-order valence-corrected chi connectivity index (χ2v) is 6.10. The van der Waals surface area contributed by atoms with Crippen molar-refractivity contribution in [3.05, 3.63) is 0 Å². The third-order valence-electron chi connectivity index (χ3n) is 2.84. The molecule has 14 N–H and O–H groups in total. The zero-order valence-electron chi connectivity index (χ0n) is 16.2. The van der Waals surface area contributed by atoms with Gasteiger partial charge in [-0.2, -0.15) is 0 Å². The number of aliphatic imine (C=N–C) groups is 1. The van der Waals surface area contributed by atoms with Crippen LogP contribution in [0.2, 0.25) is 0 Å². The molecule has 0 aromatic rings. The Morgan fingerprint density at radius 2 is 1.29 bits per heavy atom. The van der Waals surface area contributed by atoms with E-state index in [1.165, 1.54) is 0 Å². The molecule has 0 aliphatic carbocycles. The first-order valence-electron chi connectivity index (χ1n) is 8.37.